The average Bonchev–Trinajstić information content (AvgIpc) is 2.42. The third kappa shape index (κ3) is 2.51. The molecule has 5 heteroatoms. The lowest BCUT2D eigenvalue weighted by Gasteiger charge is -2.13. The maximum absolute atomic E-state index is 12.1. The van der Waals surface area contributed by atoms with Gasteiger partial charge in [-0.3, -0.25) is 4.79 Å². The molecule has 2 aromatic rings. The second-order valence-electron chi connectivity index (χ2n) is 4.63. The maximum Gasteiger partial charge on any atom is 0.255 e. The van der Waals surface area contributed by atoms with Crippen molar-refractivity contribution in [3.05, 3.63) is 47.0 Å². The van der Waals surface area contributed by atoms with E-state index in [1.54, 1.807) is 6.07 Å². The fourth-order valence-electron chi connectivity index (χ4n) is 1.85. The summed E-state index contributed by atoms with van der Waals surface area (Å²) in [7, 11) is 0. The minimum absolute atomic E-state index is 0.237. The number of phenols is 2. The molecule has 0 unspecified atom stereocenters. The molecule has 0 aliphatic rings. The number of rotatable bonds is 2. The van der Waals surface area contributed by atoms with Crippen LogP contribution in [0.1, 0.15) is 21.5 Å². The second kappa shape index (κ2) is 5.13. The molecule has 2 rings (SSSR count). The van der Waals surface area contributed by atoms with Crippen molar-refractivity contribution in [2.75, 3.05) is 11.1 Å². The quantitative estimate of drug-likeness (QED) is 0.499. The highest BCUT2D eigenvalue weighted by Crippen LogP contribution is 2.28. The number of aromatic hydroxyl groups is 2. The molecule has 0 radical (unpaired) electrons. The number of aryl methyl sites for hydroxylation is 1. The molecule has 1 amide bonds. The summed E-state index contributed by atoms with van der Waals surface area (Å²) in [4.78, 5) is 12.1. The molecule has 2 aromatic carbocycles. The van der Waals surface area contributed by atoms with Gasteiger partial charge in [0.2, 0.25) is 0 Å². The molecule has 5 nitrogen and oxygen atoms in total. The van der Waals surface area contributed by atoms with Crippen LogP contribution >= 0.6 is 0 Å². The van der Waals surface area contributed by atoms with Gasteiger partial charge in [0.25, 0.3) is 5.91 Å². The number of carbonyl (C=O) groups is 1. The number of amides is 1. The van der Waals surface area contributed by atoms with Crippen molar-refractivity contribution in [1.29, 1.82) is 0 Å². The van der Waals surface area contributed by atoms with Crippen molar-refractivity contribution in [1.82, 2.24) is 0 Å². The molecule has 0 fully saturated rings. The lowest BCUT2D eigenvalue weighted by Crippen LogP contribution is -2.14. The molecular formula is C15H16N2O3. The zero-order chi connectivity index (χ0) is 14.9. The van der Waals surface area contributed by atoms with Crippen LogP contribution in [0.3, 0.4) is 0 Å². The first kappa shape index (κ1) is 13.7. The summed E-state index contributed by atoms with van der Waals surface area (Å²) in [6.45, 7) is 3.80. The summed E-state index contributed by atoms with van der Waals surface area (Å²) in [6.07, 6.45) is 0. The molecule has 0 heterocycles. The average molecular weight is 272 g/mol. The summed E-state index contributed by atoms with van der Waals surface area (Å²) in [5.74, 6) is -1.01. The highest BCUT2D eigenvalue weighted by atomic mass is 16.3. The van der Waals surface area contributed by atoms with E-state index in [1.165, 1.54) is 18.2 Å². The lowest BCUT2D eigenvalue weighted by molar-refractivity contribution is 0.102. The first-order valence-electron chi connectivity index (χ1n) is 6.09. The summed E-state index contributed by atoms with van der Waals surface area (Å²) in [5, 5.41) is 21.4. The highest BCUT2D eigenvalue weighted by molar-refractivity contribution is 6.06. The molecule has 0 aliphatic heterocycles. The van der Waals surface area contributed by atoms with E-state index in [0.717, 1.165) is 11.1 Å². The van der Waals surface area contributed by atoms with Gasteiger partial charge in [-0.05, 0) is 49.2 Å². The first-order chi connectivity index (χ1) is 9.40. The van der Waals surface area contributed by atoms with E-state index in [1.807, 2.05) is 19.9 Å². The predicted molar refractivity (Wildman–Crippen MR) is 78.1 cm³/mol. The van der Waals surface area contributed by atoms with Crippen molar-refractivity contribution in [2.45, 2.75) is 13.8 Å². The van der Waals surface area contributed by atoms with Gasteiger partial charge in [0, 0.05) is 5.56 Å². The van der Waals surface area contributed by atoms with Gasteiger partial charge in [-0.25, -0.2) is 0 Å². The number of hydrogen-bond donors (Lipinski definition) is 4. The van der Waals surface area contributed by atoms with E-state index in [4.69, 9.17) is 5.73 Å². The number of nitrogens with one attached hydrogen (secondary N) is 1. The molecule has 104 valence electrons. The number of nitrogen functional groups attached to an aromatic ring is 1. The van der Waals surface area contributed by atoms with Gasteiger partial charge in [-0.1, -0.05) is 6.07 Å². The molecule has 0 spiro atoms. The van der Waals surface area contributed by atoms with Crippen molar-refractivity contribution in [2.24, 2.45) is 0 Å². The Hall–Kier alpha value is -2.69. The van der Waals surface area contributed by atoms with Gasteiger partial charge in [-0.2, -0.15) is 0 Å². The van der Waals surface area contributed by atoms with Crippen LogP contribution < -0.4 is 11.1 Å². The normalized spacial score (nSPS) is 10.3. The molecule has 0 aromatic heterocycles. The van der Waals surface area contributed by atoms with Crippen LogP contribution in [0.15, 0.2) is 30.3 Å². The summed E-state index contributed by atoms with van der Waals surface area (Å²) < 4.78 is 0. The van der Waals surface area contributed by atoms with Crippen molar-refractivity contribution >= 4 is 17.3 Å². The zero-order valence-electron chi connectivity index (χ0n) is 11.3. The lowest BCUT2D eigenvalue weighted by atomic mass is 10.1. The second-order valence-corrected chi connectivity index (χ2v) is 4.63. The number of nitrogens with two attached hydrogens (primary N) is 1. The Morgan fingerprint density at radius 1 is 1.10 bits per heavy atom. The largest absolute Gasteiger partial charge is 0.504 e. The minimum atomic E-state index is -0.402. The predicted octanol–water partition coefficient (Wildman–Crippen LogP) is 2.55. The van der Waals surface area contributed by atoms with Crippen LogP contribution in [-0.2, 0) is 0 Å². The van der Waals surface area contributed by atoms with Gasteiger partial charge in [0.05, 0.1) is 11.4 Å². The monoisotopic (exact) mass is 272 g/mol. The van der Waals surface area contributed by atoms with E-state index < -0.39 is 5.91 Å². The van der Waals surface area contributed by atoms with Crippen LogP contribution in [-0.4, -0.2) is 16.1 Å². The van der Waals surface area contributed by atoms with Gasteiger partial charge >= 0.3 is 0 Å². The SMILES string of the molecule is Cc1ccc(N)c(NC(=O)c2ccc(O)c(O)c2)c1C. The minimum Gasteiger partial charge on any atom is -0.504 e. The molecule has 0 atom stereocenters. The van der Waals surface area contributed by atoms with Gasteiger partial charge in [0.1, 0.15) is 0 Å². The Kier molecular flexibility index (Phi) is 3.52. The van der Waals surface area contributed by atoms with E-state index in [-0.39, 0.29) is 17.1 Å². The van der Waals surface area contributed by atoms with Gasteiger partial charge in [-0.15, -0.1) is 0 Å². The third-order valence-corrected chi connectivity index (χ3v) is 3.24. The van der Waals surface area contributed by atoms with Crippen molar-refractivity contribution < 1.29 is 15.0 Å². The number of carbonyl (C=O) groups excluding carboxylic acids is 1. The molecular weight excluding hydrogens is 256 g/mol. The maximum atomic E-state index is 12.1. The first-order valence-corrected chi connectivity index (χ1v) is 6.09. The van der Waals surface area contributed by atoms with Crippen LogP contribution in [0.5, 0.6) is 11.5 Å². The third-order valence-electron chi connectivity index (χ3n) is 3.24. The van der Waals surface area contributed by atoms with Crippen LogP contribution in [0.2, 0.25) is 0 Å². The van der Waals surface area contributed by atoms with Crippen LogP contribution in [0, 0.1) is 13.8 Å². The summed E-state index contributed by atoms with van der Waals surface area (Å²) in [5.41, 5.74) is 9.04. The molecule has 5 N–H and O–H groups in total. The van der Waals surface area contributed by atoms with E-state index in [0.29, 0.717) is 11.4 Å². The van der Waals surface area contributed by atoms with Crippen LogP contribution in [0.25, 0.3) is 0 Å². The van der Waals surface area contributed by atoms with E-state index >= 15 is 0 Å². The Morgan fingerprint density at radius 3 is 2.45 bits per heavy atom. The Labute approximate surface area is 116 Å². The van der Waals surface area contributed by atoms with Gasteiger partial charge < -0.3 is 21.3 Å². The molecule has 0 bridgehead atoms. The standard InChI is InChI=1S/C15H16N2O3/c1-8-3-5-11(16)14(9(8)2)17-15(20)10-4-6-12(18)13(19)7-10/h3-7,18-19H,16H2,1-2H3,(H,17,20). The molecule has 20 heavy (non-hydrogen) atoms. The van der Waals surface area contributed by atoms with Crippen molar-refractivity contribution in [3.63, 3.8) is 0 Å². The number of benzene rings is 2. The van der Waals surface area contributed by atoms with Crippen LogP contribution in [0.4, 0.5) is 11.4 Å². The topological polar surface area (TPSA) is 95.6 Å². The summed E-state index contributed by atoms with van der Waals surface area (Å²) >= 11 is 0. The summed E-state index contributed by atoms with van der Waals surface area (Å²) in [6, 6.07) is 7.49. The van der Waals surface area contributed by atoms with Gasteiger partial charge in [0.15, 0.2) is 11.5 Å². The Bertz CT molecular complexity index is 681. The molecule has 0 aliphatic carbocycles. The number of hydrogen-bond acceptors (Lipinski definition) is 4. The van der Waals surface area contributed by atoms with E-state index in [9.17, 15) is 15.0 Å². The number of anilines is 2. The Balaban J connectivity index is 2.32. The zero-order valence-corrected chi connectivity index (χ0v) is 11.3. The van der Waals surface area contributed by atoms with E-state index in [2.05, 4.69) is 5.32 Å². The Morgan fingerprint density at radius 2 is 1.80 bits per heavy atom. The fourth-order valence-corrected chi connectivity index (χ4v) is 1.85. The number of phenolic OH excluding ortho intramolecular Hbond substituents is 2. The fraction of sp³-hybridized carbons (Fsp3) is 0.133. The molecule has 0 saturated carbocycles. The smallest absolute Gasteiger partial charge is 0.255 e. The van der Waals surface area contributed by atoms with Crippen molar-refractivity contribution in [3.8, 4) is 11.5 Å². The highest BCUT2D eigenvalue weighted by Gasteiger charge is 2.13. The molecule has 0 saturated heterocycles.